The first-order chi connectivity index (χ1) is 14.1. The van der Waals surface area contributed by atoms with Gasteiger partial charge < -0.3 is 9.30 Å². The molecular formula is C22H22N4OS2. The van der Waals surface area contributed by atoms with E-state index in [-0.39, 0.29) is 6.10 Å². The molecule has 0 fully saturated rings. The molecule has 0 radical (unpaired) electrons. The fraction of sp³-hybridized carbons (Fsp3) is 0.227. The van der Waals surface area contributed by atoms with E-state index in [2.05, 4.69) is 40.7 Å². The van der Waals surface area contributed by atoms with Gasteiger partial charge in [0, 0.05) is 23.7 Å². The average molecular weight is 423 g/mol. The van der Waals surface area contributed by atoms with Gasteiger partial charge in [-0.25, -0.2) is 4.98 Å². The molecule has 2 aromatic heterocycles. The van der Waals surface area contributed by atoms with Gasteiger partial charge in [0.15, 0.2) is 17.1 Å². The first kappa shape index (κ1) is 19.7. The summed E-state index contributed by atoms with van der Waals surface area (Å²) in [6, 6.07) is 18.3. The van der Waals surface area contributed by atoms with E-state index in [1.165, 1.54) is 5.56 Å². The normalized spacial score (nSPS) is 12.1. The summed E-state index contributed by atoms with van der Waals surface area (Å²) in [6.45, 7) is 4.05. The van der Waals surface area contributed by atoms with Crippen molar-refractivity contribution < 1.29 is 4.74 Å². The highest BCUT2D eigenvalue weighted by Crippen LogP contribution is 2.28. The maximum absolute atomic E-state index is 6.05. The van der Waals surface area contributed by atoms with E-state index >= 15 is 0 Å². The third-order valence-electron chi connectivity index (χ3n) is 4.46. The molecule has 0 N–H and O–H groups in total. The van der Waals surface area contributed by atoms with Crippen molar-refractivity contribution in [2.45, 2.75) is 30.9 Å². The van der Waals surface area contributed by atoms with Gasteiger partial charge in [0.1, 0.15) is 10.8 Å². The zero-order valence-corrected chi connectivity index (χ0v) is 18.2. The van der Waals surface area contributed by atoms with Gasteiger partial charge in [0.05, 0.1) is 5.69 Å². The minimum Gasteiger partial charge on any atom is -0.483 e. The summed E-state index contributed by atoms with van der Waals surface area (Å²) in [5.74, 6) is 2.39. The van der Waals surface area contributed by atoms with Crippen molar-refractivity contribution in [3.05, 3.63) is 77.1 Å². The summed E-state index contributed by atoms with van der Waals surface area (Å²) < 4.78 is 8.04. The van der Waals surface area contributed by atoms with Crippen LogP contribution in [0.5, 0.6) is 5.75 Å². The van der Waals surface area contributed by atoms with Crippen LogP contribution in [0.15, 0.2) is 65.1 Å². The van der Waals surface area contributed by atoms with E-state index in [1.807, 2.05) is 54.9 Å². The zero-order valence-electron chi connectivity index (χ0n) is 16.6. The summed E-state index contributed by atoms with van der Waals surface area (Å²) in [7, 11) is 1.98. The molecule has 0 aliphatic heterocycles. The second-order valence-corrected chi connectivity index (χ2v) is 8.58. The number of benzene rings is 2. The summed E-state index contributed by atoms with van der Waals surface area (Å²) >= 11 is 3.30. The Balaban J connectivity index is 1.41. The molecule has 0 aliphatic carbocycles. The number of hydrogen-bond acceptors (Lipinski definition) is 6. The number of aromatic nitrogens is 4. The number of rotatable bonds is 7. The van der Waals surface area contributed by atoms with Crippen molar-refractivity contribution in [1.82, 2.24) is 19.7 Å². The average Bonchev–Trinajstić information content (AvgIpc) is 3.34. The van der Waals surface area contributed by atoms with Gasteiger partial charge in [0.25, 0.3) is 0 Å². The Morgan fingerprint density at radius 2 is 1.93 bits per heavy atom. The zero-order chi connectivity index (χ0) is 20.2. The Kier molecular flexibility index (Phi) is 5.97. The van der Waals surface area contributed by atoms with Crippen LogP contribution in [0.25, 0.3) is 10.6 Å². The first-order valence-corrected chi connectivity index (χ1v) is 11.2. The first-order valence-electron chi connectivity index (χ1n) is 9.35. The van der Waals surface area contributed by atoms with Gasteiger partial charge >= 0.3 is 0 Å². The molecule has 7 heteroatoms. The van der Waals surface area contributed by atoms with E-state index in [0.29, 0.717) is 0 Å². The molecule has 4 aromatic rings. The molecule has 5 nitrogen and oxygen atoms in total. The van der Waals surface area contributed by atoms with Gasteiger partial charge in [-0.15, -0.1) is 21.5 Å². The van der Waals surface area contributed by atoms with Crippen LogP contribution in [0.4, 0.5) is 0 Å². The van der Waals surface area contributed by atoms with Crippen molar-refractivity contribution in [3.63, 3.8) is 0 Å². The van der Waals surface area contributed by atoms with Crippen LogP contribution in [0.2, 0.25) is 0 Å². The molecule has 2 aromatic carbocycles. The predicted octanol–water partition coefficient (Wildman–Crippen LogP) is 5.68. The van der Waals surface area contributed by atoms with Crippen LogP contribution < -0.4 is 4.74 Å². The lowest BCUT2D eigenvalue weighted by atomic mass is 10.2. The summed E-state index contributed by atoms with van der Waals surface area (Å²) in [5.41, 5.74) is 3.37. The van der Waals surface area contributed by atoms with Gasteiger partial charge in [-0.2, -0.15) is 0 Å². The number of thiazole rings is 1. The van der Waals surface area contributed by atoms with Gasteiger partial charge in [-0.3, -0.25) is 0 Å². The summed E-state index contributed by atoms with van der Waals surface area (Å²) in [6.07, 6.45) is -0.187. The Morgan fingerprint density at radius 1 is 1.10 bits per heavy atom. The lowest BCUT2D eigenvalue weighted by Gasteiger charge is -2.14. The highest BCUT2D eigenvalue weighted by Gasteiger charge is 2.18. The van der Waals surface area contributed by atoms with E-state index in [4.69, 9.17) is 9.72 Å². The molecule has 0 bridgehead atoms. The maximum Gasteiger partial charge on any atom is 0.191 e. The lowest BCUT2D eigenvalue weighted by Crippen LogP contribution is -2.10. The smallest absolute Gasteiger partial charge is 0.191 e. The molecule has 0 aliphatic rings. The SMILES string of the molecule is Cc1cccc(OC(C)c2nnc(SCc3csc(-c4ccccc4)n3)n2C)c1. The lowest BCUT2D eigenvalue weighted by molar-refractivity contribution is 0.211. The second-order valence-electron chi connectivity index (χ2n) is 6.78. The fourth-order valence-corrected chi connectivity index (χ4v) is 4.72. The molecule has 0 saturated heterocycles. The predicted molar refractivity (Wildman–Crippen MR) is 118 cm³/mol. The largest absolute Gasteiger partial charge is 0.483 e. The van der Waals surface area contributed by atoms with E-state index < -0.39 is 0 Å². The highest BCUT2D eigenvalue weighted by molar-refractivity contribution is 7.98. The number of hydrogen-bond donors (Lipinski definition) is 0. The quantitative estimate of drug-likeness (QED) is 0.359. The number of ether oxygens (including phenoxy) is 1. The molecule has 2 heterocycles. The van der Waals surface area contributed by atoms with Crippen molar-refractivity contribution in [2.75, 3.05) is 0 Å². The molecule has 1 unspecified atom stereocenters. The topological polar surface area (TPSA) is 52.8 Å². The van der Waals surface area contributed by atoms with Crippen LogP contribution in [0.3, 0.4) is 0 Å². The number of nitrogens with zero attached hydrogens (tertiary/aromatic N) is 4. The summed E-state index contributed by atoms with van der Waals surface area (Å²) in [5, 5.41) is 12.7. The van der Waals surface area contributed by atoms with Gasteiger partial charge in [-0.1, -0.05) is 54.2 Å². The number of thioether (sulfide) groups is 1. The Hall–Kier alpha value is -2.64. The minimum atomic E-state index is -0.187. The molecule has 0 amide bonds. The van der Waals surface area contributed by atoms with Crippen LogP contribution >= 0.6 is 23.1 Å². The number of aryl methyl sites for hydroxylation is 1. The van der Waals surface area contributed by atoms with E-state index in [1.54, 1.807) is 23.1 Å². The molecule has 1 atom stereocenters. The standard InChI is InChI=1S/C22H22N4OS2/c1-15-8-7-11-19(12-15)27-16(2)20-24-25-22(26(20)3)29-14-18-13-28-21(23-18)17-9-5-4-6-10-17/h4-13,16H,14H2,1-3H3. The Morgan fingerprint density at radius 3 is 2.72 bits per heavy atom. The Bertz CT molecular complexity index is 1090. The van der Waals surface area contributed by atoms with Crippen molar-refractivity contribution in [3.8, 4) is 16.3 Å². The Labute approximate surface area is 178 Å². The second kappa shape index (κ2) is 8.80. The molecule has 0 spiro atoms. The van der Waals surface area contributed by atoms with Crippen molar-refractivity contribution >= 4 is 23.1 Å². The van der Waals surface area contributed by atoms with Crippen LogP contribution in [-0.2, 0) is 12.8 Å². The monoisotopic (exact) mass is 422 g/mol. The van der Waals surface area contributed by atoms with Crippen molar-refractivity contribution in [2.24, 2.45) is 7.05 Å². The summed E-state index contributed by atoms with van der Waals surface area (Å²) in [4.78, 5) is 4.75. The molecule has 4 rings (SSSR count). The maximum atomic E-state index is 6.05. The molecule has 29 heavy (non-hydrogen) atoms. The molecule has 0 saturated carbocycles. The van der Waals surface area contributed by atoms with E-state index in [0.717, 1.165) is 38.7 Å². The third-order valence-corrected chi connectivity index (χ3v) is 6.45. The van der Waals surface area contributed by atoms with Crippen LogP contribution in [-0.4, -0.2) is 19.7 Å². The molecular weight excluding hydrogens is 400 g/mol. The third kappa shape index (κ3) is 4.68. The van der Waals surface area contributed by atoms with Gasteiger partial charge in [0.2, 0.25) is 0 Å². The fourth-order valence-electron chi connectivity index (χ4n) is 2.98. The minimum absolute atomic E-state index is 0.187. The van der Waals surface area contributed by atoms with E-state index in [9.17, 15) is 0 Å². The highest BCUT2D eigenvalue weighted by atomic mass is 32.2. The molecule has 148 valence electrons. The van der Waals surface area contributed by atoms with Crippen LogP contribution in [0, 0.1) is 6.92 Å². The van der Waals surface area contributed by atoms with Crippen LogP contribution in [0.1, 0.15) is 30.1 Å². The van der Waals surface area contributed by atoms with Crippen molar-refractivity contribution in [1.29, 1.82) is 0 Å². The van der Waals surface area contributed by atoms with Gasteiger partial charge in [-0.05, 0) is 31.5 Å².